The number of rotatable bonds is 6. The van der Waals surface area contributed by atoms with Crippen LogP contribution in [0.1, 0.15) is 36.8 Å². The maximum atomic E-state index is 5.44. The average Bonchev–Trinajstić information content (AvgIpc) is 3.31. The fourth-order valence-electron chi connectivity index (χ4n) is 2.93. The van der Waals surface area contributed by atoms with E-state index in [0.29, 0.717) is 6.04 Å². The molecule has 110 valence electrons. The maximum Gasteiger partial charge on any atom is 0.0480 e. The highest BCUT2D eigenvalue weighted by atomic mass is 16.5. The highest BCUT2D eigenvalue weighted by Gasteiger charge is 2.20. The van der Waals surface area contributed by atoms with E-state index in [0.717, 1.165) is 32.3 Å². The number of hydrogen-bond donors (Lipinski definition) is 1. The van der Waals surface area contributed by atoms with Gasteiger partial charge in [0.05, 0.1) is 0 Å². The molecule has 1 aromatic rings. The average molecular weight is 274 g/mol. The summed E-state index contributed by atoms with van der Waals surface area (Å²) in [6, 6.07) is 10.5. The third-order valence-electron chi connectivity index (χ3n) is 4.41. The molecule has 1 aliphatic carbocycles. The van der Waals surface area contributed by atoms with Gasteiger partial charge in [-0.15, -0.1) is 0 Å². The standard InChI is InChI=1S/C17H26N2O/c1-19(17-7-9-20-10-8-17)13-15-4-2-3-14(11-15)12-18-16-5-6-16/h2-4,11,16-18H,5-10,12-13H2,1H3. The van der Waals surface area contributed by atoms with Gasteiger partial charge in [0, 0.05) is 38.4 Å². The predicted octanol–water partition coefficient (Wildman–Crippen LogP) is 2.55. The molecule has 0 unspecified atom stereocenters. The SMILES string of the molecule is CN(Cc1cccc(CNC2CC2)c1)C1CCOCC1. The molecule has 1 aliphatic heterocycles. The molecule has 3 rings (SSSR count). The van der Waals surface area contributed by atoms with Crippen molar-refractivity contribution in [2.24, 2.45) is 0 Å². The lowest BCUT2D eigenvalue weighted by molar-refractivity contribution is 0.0407. The van der Waals surface area contributed by atoms with Crippen LogP contribution in [0.4, 0.5) is 0 Å². The minimum atomic E-state index is 0.678. The number of nitrogens with zero attached hydrogens (tertiary/aromatic N) is 1. The van der Waals surface area contributed by atoms with Gasteiger partial charge in [0.15, 0.2) is 0 Å². The van der Waals surface area contributed by atoms with Crippen LogP contribution in [-0.4, -0.2) is 37.2 Å². The van der Waals surface area contributed by atoms with Crippen molar-refractivity contribution in [3.05, 3.63) is 35.4 Å². The smallest absolute Gasteiger partial charge is 0.0480 e. The van der Waals surface area contributed by atoms with Gasteiger partial charge in [0.1, 0.15) is 0 Å². The van der Waals surface area contributed by atoms with Gasteiger partial charge in [0.2, 0.25) is 0 Å². The van der Waals surface area contributed by atoms with E-state index < -0.39 is 0 Å². The van der Waals surface area contributed by atoms with Crippen LogP contribution in [0.15, 0.2) is 24.3 Å². The van der Waals surface area contributed by atoms with E-state index in [9.17, 15) is 0 Å². The number of ether oxygens (including phenoxy) is 1. The largest absolute Gasteiger partial charge is 0.381 e. The van der Waals surface area contributed by atoms with Gasteiger partial charge in [-0.05, 0) is 43.9 Å². The van der Waals surface area contributed by atoms with Gasteiger partial charge >= 0.3 is 0 Å². The lowest BCUT2D eigenvalue weighted by Crippen LogP contribution is -2.36. The highest BCUT2D eigenvalue weighted by molar-refractivity contribution is 5.23. The van der Waals surface area contributed by atoms with Gasteiger partial charge in [-0.2, -0.15) is 0 Å². The fraction of sp³-hybridized carbons (Fsp3) is 0.647. The second-order valence-electron chi connectivity index (χ2n) is 6.23. The van der Waals surface area contributed by atoms with E-state index in [2.05, 4.69) is 41.5 Å². The van der Waals surface area contributed by atoms with Crippen molar-refractivity contribution in [1.82, 2.24) is 10.2 Å². The maximum absolute atomic E-state index is 5.44. The van der Waals surface area contributed by atoms with Crippen molar-refractivity contribution in [3.63, 3.8) is 0 Å². The molecule has 2 fully saturated rings. The van der Waals surface area contributed by atoms with Crippen LogP contribution in [0.3, 0.4) is 0 Å². The molecular formula is C17H26N2O. The van der Waals surface area contributed by atoms with Crippen LogP contribution >= 0.6 is 0 Å². The summed E-state index contributed by atoms with van der Waals surface area (Å²) in [5, 5.41) is 3.59. The molecule has 1 aromatic carbocycles. The molecular weight excluding hydrogens is 248 g/mol. The van der Waals surface area contributed by atoms with Crippen molar-refractivity contribution in [2.45, 2.75) is 50.9 Å². The second-order valence-corrected chi connectivity index (χ2v) is 6.23. The first-order valence-electron chi connectivity index (χ1n) is 7.90. The van der Waals surface area contributed by atoms with Gasteiger partial charge in [-0.1, -0.05) is 24.3 Å². The first-order valence-corrected chi connectivity index (χ1v) is 7.90. The minimum Gasteiger partial charge on any atom is -0.381 e. The Labute approximate surface area is 122 Å². The van der Waals surface area contributed by atoms with Crippen LogP contribution in [-0.2, 0) is 17.8 Å². The molecule has 0 bridgehead atoms. The molecule has 0 radical (unpaired) electrons. The van der Waals surface area contributed by atoms with E-state index in [1.54, 1.807) is 0 Å². The molecule has 20 heavy (non-hydrogen) atoms. The molecule has 1 N–H and O–H groups in total. The van der Waals surface area contributed by atoms with Gasteiger partial charge < -0.3 is 10.1 Å². The van der Waals surface area contributed by atoms with Crippen molar-refractivity contribution in [2.75, 3.05) is 20.3 Å². The number of benzene rings is 1. The monoisotopic (exact) mass is 274 g/mol. The van der Waals surface area contributed by atoms with Crippen molar-refractivity contribution in [1.29, 1.82) is 0 Å². The molecule has 1 saturated heterocycles. The zero-order valence-electron chi connectivity index (χ0n) is 12.5. The third-order valence-corrected chi connectivity index (χ3v) is 4.41. The molecule has 2 aliphatic rings. The van der Waals surface area contributed by atoms with Crippen LogP contribution in [0.25, 0.3) is 0 Å². The normalized spacial score (nSPS) is 20.5. The number of nitrogens with one attached hydrogen (secondary N) is 1. The van der Waals surface area contributed by atoms with E-state index in [4.69, 9.17) is 4.74 Å². The van der Waals surface area contributed by atoms with E-state index in [1.807, 2.05) is 0 Å². The quantitative estimate of drug-likeness (QED) is 0.863. The fourth-order valence-corrected chi connectivity index (χ4v) is 2.93. The molecule has 1 saturated carbocycles. The molecule has 3 nitrogen and oxygen atoms in total. The van der Waals surface area contributed by atoms with Gasteiger partial charge in [-0.25, -0.2) is 0 Å². The predicted molar refractivity (Wildman–Crippen MR) is 81.6 cm³/mol. The zero-order chi connectivity index (χ0) is 13.8. The summed E-state index contributed by atoms with van der Waals surface area (Å²) in [6.07, 6.45) is 5.04. The molecule has 0 aromatic heterocycles. The lowest BCUT2D eigenvalue weighted by Gasteiger charge is -2.31. The molecule has 0 atom stereocenters. The van der Waals surface area contributed by atoms with Crippen LogP contribution in [0.2, 0.25) is 0 Å². The summed E-state index contributed by atoms with van der Waals surface area (Å²) in [6.45, 7) is 3.89. The zero-order valence-corrected chi connectivity index (χ0v) is 12.5. The van der Waals surface area contributed by atoms with Crippen molar-refractivity contribution >= 4 is 0 Å². The third kappa shape index (κ3) is 4.05. The van der Waals surface area contributed by atoms with Crippen LogP contribution < -0.4 is 5.32 Å². The summed E-state index contributed by atoms with van der Waals surface area (Å²) in [7, 11) is 2.24. The second kappa shape index (κ2) is 6.70. The van der Waals surface area contributed by atoms with Gasteiger partial charge in [0.25, 0.3) is 0 Å². The summed E-state index contributed by atoms with van der Waals surface area (Å²) in [4.78, 5) is 2.48. The Kier molecular flexibility index (Phi) is 4.71. The first kappa shape index (κ1) is 14.1. The molecule has 1 heterocycles. The van der Waals surface area contributed by atoms with Crippen molar-refractivity contribution in [3.8, 4) is 0 Å². The van der Waals surface area contributed by atoms with E-state index in [1.165, 1.54) is 36.8 Å². The van der Waals surface area contributed by atoms with Gasteiger partial charge in [-0.3, -0.25) is 4.90 Å². The molecule has 3 heteroatoms. The Hall–Kier alpha value is -0.900. The van der Waals surface area contributed by atoms with Crippen LogP contribution in [0.5, 0.6) is 0 Å². The summed E-state index contributed by atoms with van der Waals surface area (Å²) in [5.74, 6) is 0. The van der Waals surface area contributed by atoms with Crippen LogP contribution in [0, 0.1) is 0 Å². The summed E-state index contributed by atoms with van der Waals surface area (Å²) in [5.41, 5.74) is 2.84. The van der Waals surface area contributed by atoms with E-state index in [-0.39, 0.29) is 0 Å². The Bertz CT molecular complexity index is 425. The first-order chi connectivity index (χ1) is 9.81. The number of hydrogen-bond acceptors (Lipinski definition) is 3. The Morgan fingerprint density at radius 3 is 2.65 bits per heavy atom. The summed E-state index contributed by atoms with van der Waals surface area (Å²) < 4.78 is 5.44. The Balaban J connectivity index is 1.53. The van der Waals surface area contributed by atoms with Crippen molar-refractivity contribution < 1.29 is 4.74 Å². The topological polar surface area (TPSA) is 24.5 Å². The Morgan fingerprint density at radius 2 is 1.90 bits per heavy atom. The van der Waals surface area contributed by atoms with E-state index >= 15 is 0 Å². The molecule has 0 spiro atoms. The highest BCUT2D eigenvalue weighted by Crippen LogP contribution is 2.20. The lowest BCUT2D eigenvalue weighted by atomic mass is 10.1. The molecule has 0 amide bonds. The Morgan fingerprint density at radius 1 is 1.15 bits per heavy atom. The minimum absolute atomic E-state index is 0.678. The summed E-state index contributed by atoms with van der Waals surface area (Å²) >= 11 is 0.